The minimum Gasteiger partial charge on any atom is -0.0791 e. The molecule has 0 bridgehead atoms. The lowest BCUT2D eigenvalue weighted by molar-refractivity contribution is 0.744. The highest BCUT2D eigenvalue weighted by Gasteiger charge is 2.12. The number of benzene rings is 1. The fraction of sp³-hybridized carbons (Fsp3) is 0.400. The Kier molecular flexibility index (Phi) is 2.93. The lowest BCUT2D eigenvalue weighted by atomic mass is 10.0. The van der Waals surface area contributed by atoms with Crippen molar-refractivity contribution in [3.63, 3.8) is 0 Å². The summed E-state index contributed by atoms with van der Waals surface area (Å²) < 4.78 is 0.374. The molecule has 0 atom stereocenters. The molecule has 1 heteroatoms. The normalized spacial score (nSPS) is 11.5. The molecule has 0 saturated heterocycles. The predicted molar refractivity (Wildman–Crippen MR) is 58.2 cm³/mol. The smallest absolute Gasteiger partial charge is 0.0206 e. The van der Waals surface area contributed by atoms with Crippen molar-refractivity contribution in [1.82, 2.24) is 0 Å². The molecule has 0 heterocycles. The molecule has 0 aromatic heterocycles. The van der Waals surface area contributed by atoms with Gasteiger partial charge in [0.2, 0.25) is 0 Å². The summed E-state index contributed by atoms with van der Waals surface area (Å²) in [5.41, 5.74) is 1.42. The summed E-state index contributed by atoms with van der Waals surface area (Å²) >= 11 is 2.48. The van der Waals surface area contributed by atoms with Crippen molar-refractivity contribution in [2.75, 3.05) is 0 Å². The summed E-state index contributed by atoms with van der Waals surface area (Å²) in [6, 6.07) is 10.6. The van der Waals surface area contributed by atoms with Crippen molar-refractivity contribution in [1.29, 1.82) is 0 Å². The minimum atomic E-state index is 0.374. The third-order valence-corrected chi connectivity index (χ3v) is 1.85. The third-order valence-electron chi connectivity index (χ3n) is 1.47. The molecule has 0 unspecified atom stereocenters. The Morgan fingerprint density at radius 2 is 1.73 bits per heavy atom. The summed E-state index contributed by atoms with van der Waals surface area (Å²) in [6.45, 7) is 4.50. The van der Waals surface area contributed by atoms with E-state index in [0.717, 1.165) is 6.42 Å². The minimum absolute atomic E-state index is 0.374. The highest BCUT2D eigenvalue weighted by Crippen LogP contribution is 2.21. The molecule has 11 heavy (non-hydrogen) atoms. The Labute approximate surface area is 82.2 Å². The average molecular weight is 260 g/mol. The van der Waals surface area contributed by atoms with Crippen LogP contribution in [0.2, 0.25) is 0 Å². The molecule has 1 aromatic carbocycles. The van der Waals surface area contributed by atoms with Crippen LogP contribution in [0.5, 0.6) is 0 Å². The molecule has 0 nitrogen and oxygen atoms in total. The lowest BCUT2D eigenvalue weighted by Gasteiger charge is -2.15. The summed E-state index contributed by atoms with van der Waals surface area (Å²) in [7, 11) is 0. The molecular formula is C10H13I. The Morgan fingerprint density at radius 1 is 1.18 bits per heavy atom. The van der Waals surface area contributed by atoms with Gasteiger partial charge in [-0.25, -0.2) is 0 Å². The first-order chi connectivity index (χ1) is 5.08. The molecule has 0 aliphatic heterocycles. The van der Waals surface area contributed by atoms with E-state index in [4.69, 9.17) is 0 Å². The van der Waals surface area contributed by atoms with Gasteiger partial charge in [-0.15, -0.1) is 0 Å². The van der Waals surface area contributed by atoms with Crippen molar-refractivity contribution in [3.8, 4) is 0 Å². The van der Waals surface area contributed by atoms with E-state index in [1.54, 1.807) is 0 Å². The monoisotopic (exact) mass is 260 g/mol. The topological polar surface area (TPSA) is 0 Å². The molecule has 0 amide bonds. The average Bonchev–Trinajstić information content (AvgIpc) is 1.85. The van der Waals surface area contributed by atoms with Crippen LogP contribution in [-0.4, -0.2) is 3.42 Å². The molecule has 0 radical (unpaired) electrons. The van der Waals surface area contributed by atoms with Gasteiger partial charge in [0.25, 0.3) is 0 Å². The number of halogens is 1. The molecule has 60 valence electrons. The first-order valence-electron chi connectivity index (χ1n) is 3.81. The van der Waals surface area contributed by atoms with Gasteiger partial charge in [-0.05, 0) is 12.0 Å². The summed E-state index contributed by atoms with van der Waals surface area (Å²) in [5.74, 6) is 0. The Balaban J connectivity index is 2.66. The highest BCUT2D eigenvalue weighted by molar-refractivity contribution is 14.1. The van der Waals surface area contributed by atoms with Gasteiger partial charge in [0, 0.05) is 3.42 Å². The number of hydrogen-bond acceptors (Lipinski definition) is 0. The van der Waals surface area contributed by atoms with Crippen LogP contribution in [0.15, 0.2) is 30.3 Å². The van der Waals surface area contributed by atoms with Crippen LogP contribution in [0, 0.1) is 0 Å². The van der Waals surface area contributed by atoms with Crippen LogP contribution >= 0.6 is 22.6 Å². The van der Waals surface area contributed by atoms with Gasteiger partial charge in [0.05, 0.1) is 0 Å². The van der Waals surface area contributed by atoms with Gasteiger partial charge in [0.1, 0.15) is 0 Å². The standard InChI is InChI=1S/C10H13I/c1-10(2,11)8-9-6-4-3-5-7-9/h3-7H,8H2,1-2H3. The first kappa shape index (κ1) is 9.04. The van der Waals surface area contributed by atoms with E-state index in [0.29, 0.717) is 3.42 Å². The number of alkyl halides is 1. The van der Waals surface area contributed by atoms with Crippen LogP contribution in [0.25, 0.3) is 0 Å². The number of hydrogen-bond donors (Lipinski definition) is 0. The maximum atomic E-state index is 2.48. The maximum Gasteiger partial charge on any atom is 0.0206 e. The quantitative estimate of drug-likeness (QED) is 0.564. The Hall–Kier alpha value is -0.0500. The van der Waals surface area contributed by atoms with Crippen molar-refractivity contribution in [3.05, 3.63) is 35.9 Å². The molecule has 0 aliphatic carbocycles. The van der Waals surface area contributed by atoms with Crippen LogP contribution < -0.4 is 0 Å². The molecule has 1 aromatic rings. The van der Waals surface area contributed by atoms with E-state index in [-0.39, 0.29) is 0 Å². The van der Waals surface area contributed by atoms with E-state index < -0.39 is 0 Å². The van der Waals surface area contributed by atoms with Crippen molar-refractivity contribution < 1.29 is 0 Å². The zero-order valence-electron chi connectivity index (χ0n) is 6.97. The summed E-state index contributed by atoms with van der Waals surface area (Å²) in [6.07, 6.45) is 1.15. The lowest BCUT2D eigenvalue weighted by Crippen LogP contribution is -2.12. The maximum absolute atomic E-state index is 2.48. The summed E-state index contributed by atoms with van der Waals surface area (Å²) in [4.78, 5) is 0. The first-order valence-corrected chi connectivity index (χ1v) is 4.89. The molecule has 0 aliphatic rings. The van der Waals surface area contributed by atoms with E-state index in [1.807, 2.05) is 0 Å². The summed E-state index contributed by atoms with van der Waals surface area (Å²) in [5, 5.41) is 0. The van der Waals surface area contributed by atoms with Gasteiger partial charge in [-0.1, -0.05) is 66.8 Å². The van der Waals surface area contributed by atoms with Gasteiger partial charge in [-0.2, -0.15) is 0 Å². The molecular weight excluding hydrogens is 247 g/mol. The van der Waals surface area contributed by atoms with E-state index >= 15 is 0 Å². The molecule has 1 rings (SSSR count). The Bertz CT molecular complexity index is 208. The molecule has 0 fully saturated rings. The molecule has 0 saturated carbocycles. The van der Waals surface area contributed by atoms with E-state index in [1.165, 1.54) is 5.56 Å². The van der Waals surface area contributed by atoms with Gasteiger partial charge in [-0.3, -0.25) is 0 Å². The third kappa shape index (κ3) is 3.75. The van der Waals surface area contributed by atoms with Crippen LogP contribution in [0.3, 0.4) is 0 Å². The fourth-order valence-electron chi connectivity index (χ4n) is 1.08. The van der Waals surface area contributed by atoms with Crippen molar-refractivity contribution >= 4 is 22.6 Å². The van der Waals surface area contributed by atoms with Crippen LogP contribution in [0.4, 0.5) is 0 Å². The van der Waals surface area contributed by atoms with Gasteiger partial charge in [0.15, 0.2) is 0 Å². The SMILES string of the molecule is CC(C)(I)Cc1ccccc1. The largest absolute Gasteiger partial charge is 0.0791 e. The second kappa shape index (κ2) is 3.57. The Morgan fingerprint density at radius 3 is 2.18 bits per heavy atom. The van der Waals surface area contributed by atoms with Crippen molar-refractivity contribution in [2.45, 2.75) is 23.7 Å². The van der Waals surface area contributed by atoms with Crippen LogP contribution in [-0.2, 0) is 6.42 Å². The highest BCUT2D eigenvalue weighted by atomic mass is 127. The molecule has 0 spiro atoms. The van der Waals surface area contributed by atoms with E-state index in [2.05, 4.69) is 66.8 Å². The van der Waals surface area contributed by atoms with Gasteiger partial charge >= 0.3 is 0 Å². The zero-order chi connectivity index (χ0) is 8.32. The zero-order valence-corrected chi connectivity index (χ0v) is 9.13. The van der Waals surface area contributed by atoms with Crippen LogP contribution in [0.1, 0.15) is 19.4 Å². The van der Waals surface area contributed by atoms with E-state index in [9.17, 15) is 0 Å². The fourth-order valence-corrected chi connectivity index (χ4v) is 1.52. The van der Waals surface area contributed by atoms with Crippen molar-refractivity contribution in [2.24, 2.45) is 0 Å². The molecule has 0 N–H and O–H groups in total. The second-order valence-electron chi connectivity index (χ2n) is 3.38. The second-order valence-corrected chi connectivity index (χ2v) is 6.30. The predicted octanol–water partition coefficient (Wildman–Crippen LogP) is 3.44. The number of rotatable bonds is 2. The van der Waals surface area contributed by atoms with Gasteiger partial charge < -0.3 is 0 Å².